The van der Waals surface area contributed by atoms with E-state index in [0.717, 1.165) is 30.6 Å². The summed E-state index contributed by atoms with van der Waals surface area (Å²) < 4.78 is 26.3. The summed E-state index contributed by atoms with van der Waals surface area (Å²) in [6.45, 7) is 5.83. The van der Waals surface area contributed by atoms with Crippen LogP contribution >= 0.6 is 0 Å². The van der Waals surface area contributed by atoms with Gasteiger partial charge >= 0.3 is 0 Å². The van der Waals surface area contributed by atoms with Crippen LogP contribution in [0.25, 0.3) is 0 Å². The zero-order chi connectivity index (χ0) is 21.0. The number of benzene rings is 2. The van der Waals surface area contributed by atoms with Crippen molar-refractivity contribution >= 4 is 33.0 Å². The molecule has 1 heterocycles. The standard InChI is InChI=1S/C22H29N3O3S/c1-4-21(25(29(3,27)28)20-9-7-8-17(2)16-20)22(26)23-18-10-12-19(13-11-18)24-14-5-6-15-24/h7-13,16,21H,4-6,14-15H2,1-3H3,(H,23,26). The van der Waals surface area contributed by atoms with Crippen molar-refractivity contribution in [3.63, 3.8) is 0 Å². The number of anilines is 3. The van der Waals surface area contributed by atoms with Gasteiger partial charge in [0, 0.05) is 24.5 Å². The van der Waals surface area contributed by atoms with E-state index in [-0.39, 0.29) is 5.91 Å². The van der Waals surface area contributed by atoms with Crippen LogP contribution in [0.1, 0.15) is 31.7 Å². The van der Waals surface area contributed by atoms with Gasteiger partial charge in [-0.25, -0.2) is 8.42 Å². The van der Waals surface area contributed by atoms with Crippen molar-refractivity contribution in [1.29, 1.82) is 0 Å². The van der Waals surface area contributed by atoms with E-state index < -0.39 is 16.1 Å². The molecule has 7 heteroatoms. The number of sulfonamides is 1. The SMILES string of the molecule is CCC(C(=O)Nc1ccc(N2CCCC2)cc1)N(c1cccc(C)c1)S(C)(=O)=O. The van der Waals surface area contributed by atoms with Gasteiger partial charge in [-0.2, -0.15) is 0 Å². The van der Waals surface area contributed by atoms with Crippen LogP contribution < -0.4 is 14.5 Å². The molecule has 1 aliphatic heterocycles. The molecular weight excluding hydrogens is 386 g/mol. The van der Waals surface area contributed by atoms with Gasteiger partial charge in [0.15, 0.2) is 0 Å². The summed E-state index contributed by atoms with van der Waals surface area (Å²) in [6.07, 6.45) is 3.91. The van der Waals surface area contributed by atoms with E-state index in [0.29, 0.717) is 17.8 Å². The third-order valence-electron chi connectivity index (χ3n) is 5.19. The maximum absolute atomic E-state index is 13.0. The first kappa shape index (κ1) is 21.2. The average Bonchev–Trinajstić information content (AvgIpc) is 3.20. The lowest BCUT2D eigenvalue weighted by Crippen LogP contribution is -2.47. The van der Waals surface area contributed by atoms with Gasteiger partial charge in [-0.1, -0.05) is 19.1 Å². The van der Waals surface area contributed by atoms with Crippen LogP contribution in [0.4, 0.5) is 17.1 Å². The number of nitrogens with one attached hydrogen (secondary N) is 1. The summed E-state index contributed by atoms with van der Waals surface area (Å²) in [5.74, 6) is -0.339. The molecule has 156 valence electrons. The molecule has 2 aromatic carbocycles. The number of carbonyl (C=O) groups excluding carboxylic acids is 1. The normalized spacial score (nSPS) is 15.2. The highest BCUT2D eigenvalue weighted by Crippen LogP contribution is 2.25. The minimum absolute atomic E-state index is 0.339. The third kappa shape index (κ3) is 5.09. The summed E-state index contributed by atoms with van der Waals surface area (Å²) in [7, 11) is -3.64. The van der Waals surface area contributed by atoms with E-state index in [4.69, 9.17) is 0 Å². The number of hydrogen-bond acceptors (Lipinski definition) is 4. The zero-order valence-corrected chi connectivity index (χ0v) is 18.1. The summed E-state index contributed by atoms with van der Waals surface area (Å²) in [6, 6.07) is 14.1. The van der Waals surface area contributed by atoms with Crippen molar-refractivity contribution in [2.75, 3.05) is 33.9 Å². The van der Waals surface area contributed by atoms with Gasteiger partial charge < -0.3 is 10.2 Å². The van der Waals surface area contributed by atoms with Crippen molar-refractivity contribution in [1.82, 2.24) is 0 Å². The van der Waals surface area contributed by atoms with Gasteiger partial charge in [0.2, 0.25) is 15.9 Å². The van der Waals surface area contributed by atoms with Crippen LogP contribution in [0, 0.1) is 6.92 Å². The molecule has 29 heavy (non-hydrogen) atoms. The summed E-state index contributed by atoms with van der Waals surface area (Å²) >= 11 is 0. The van der Waals surface area contributed by atoms with Crippen LogP contribution in [0.3, 0.4) is 0 Å². The Morgan fingerprint density at radius 3 is 2.34 bits per heavy atom. The van der Waals surface area contributed by atoms with Gasteiger partial charge in [-0.3, -0.25) is 9.10 Å². The predicted molar refractivity (Wildman–Crippen MR) is 119 cm³/mol. The van der Waals surface area contributed by atoms with Crippen LogP contribution in [-0.4, -0.2) is 39.7 Å². The van der Waals surface area contributed by atoms with Crippen LogP contribution in [0.15, 0.2) is 48.5 Å². The summed E-state index contributed by atoms with van der Waals surface area (Å²) in [5.41, 5.74) is 3.24. The Labute approximate surface area is 173 Å². The molecule has 1 atom stereocenters. The molecule has 0 spiro atoms. The maximum Gasteiger partial charge on any atom is 0.248 e. The molecule has 0 saturated carbocycles. The average molecular weight is 416 g/mol. The molecule has 1 aliphatic rings. The molecule has 1 fully saturated rings. The molecule has 1 unspecified atom stereocenters. The van der Waals surface area contributed by atoms with Gasteiger partial charge in [-0.05, 0) is 68.1 Å². The van der Waals surface area contributed by atoms with Gasteiger partial charge in [-0.15, -0.1) is 0 Å². The predicted octanol–water partition coefficient (Wildman–Crippen LogP) is 3.78. The topological polar surface area (TPSA) is 69.7 Å². The largest absolute Gasteiger partial charge is 0.372 e. The lowest BCUT2D eigenvalue weighted by Gasteiger charge is -2.30. The molecule has 3 rings (SSSR count). The Morgan fingerprint density at radius 1 is 1.14 bits per heavy atom. The van der Waals surface area contributed by atoms with Crippen molar-refractivity contribution in [3.05, 3.63) is 54.1 Å². The number of nitrogens with zero attached hydrogens (tertiary/aromatic N) is 2. The number of rotatable bonds is 7. The Balaban J connectivity index is 1.80. The molecule has 0 radical (unpaired) electrons. The van der Waals surface area contributed by atoms with Crippen LogP contribution in [-0.2, 0) is 14.8 Å². The lowest BCUT2D eigenvalue weighted by molar-refractivity contribution is -0.117. The number of aryl methyl sites for hydroxylation is 1. The zero-order valence-electron chi connectivity index (χ0n) is 17.3. The monoisotopic (exact) mass is 415 g/mol. The molecule has 0 aliphatic carbocycles. The maximum atomic E-state index is 13.0. The first-order valence-corrected chi connectivity index (χ1v) is 11.9. The highest BCUT2D eigenvalue weighted by Gasteiger charge is 2.31. The fourth-order valence-corrected chi connectivity index (χ4v) is 4.99. The fourth-order valence-electron chi connectivity index (χ4n) is 3.78. The van der Waals surface area contributed by atoms with Gasteiger partial charge in [0.25, 0.3) is 0 Å². The van der Waals surface area contributed by atoms with Gasteiger partial charge in [0.1, 0.15) is 6.04 Å². The molecule has 1 amide bonds. The van der Waals surface area contributed by atoms with E-state index >= 15 is 0 Å². The Kier molecular flexibility index (Phi) is 6.47. The molecule has 1 N–H and O–H groups in total. The smallest absolute Gasteiger partial charge is 0.248 e. The lowest BCUT2D eigenvalue weighted by atomic mass is 10.1. The number of hydrogen-bond donors (Lipinski definition) is 1. The molecular formula is C22H29N3O3S. The second-order valence-corrected chi connectivity index (χ2v) is 9.41. The van der Waals surface area contributed by atoms with Gasteiger partial charge in [0.05, 0.1) is 11.9 Å². The summed E-state index contributed by atoms with van der Waals surface area (Å²) in [5, 5.41) is 2.88. The molecule has 6 nitrogen and oxygen atoms in total. The number of carbonyl (C=O) groups is 1. The highest BCUT2D eigenvalue weighted by atomic mass is 32.2. The Morgan fingerprint density at radius 2 is 1.79 bits per heavy atom. The van der Waals surface area contributed by atoms with Crippen molar-refractivity contribution in [3.8, 4) is 0 Å². The van der Waals surface area contributed by atoms with Crippen molar-refractivity contribution in [2.45, 2.75) is 39.2 Å². The molecule has 0 bridgehead atoms. The van der Waals surface area contributed by atoms with E-state index in [1.807, 2.05) is 44.2 Å². The fraction of sp³-hybridized carbons (Fsp3) is 0.409. The quantitative estimate of drug-likeness (QED) is 0.747. The second kappa shape index (κ2) is 8.86. The second-order valence-electron chi connectivity index (χ2n) is 7.55. The Bertz CT molecular complexity index is 952. The molecule has 2 aromatic rings. The minimum Gasteiger partial charge on any atom is -0.372 e. The highest BCUT2D eigenvalue weighted by molar-refractivity contribution is 7.92. The first-order valence-electron chi connectivity index (χ1n) is 10.0. The van der Waals surface area contributed by atoms with Crippen LogP contribution in [0.5, 0.6) is 0 Å². The van der Waals surface area contributed by atoms with E-state index in [1.165, 1.54) is 17.1 Å². The van der Waals surface area contributed by atoms with Crippen molar-refractivity contribution < 1.29 is 13.2 Å². The minimum atomic E-state index is -3.64. The Hall–Kier alpha value is -2.54. The first-order chi connectivity index (χ1) is 13.8. The van der Waals surface area contributed by atoms with Crippen molar-refractivity contribution in [2.24, 2.45) is 0 Å². The molecule has 0 aromatic heterocycles. The van der Waals surface area contributed by atoms with E-state index in [9.17, 15) is 13.2 Å². The number of amides is 1. The van der Waals surface area contributed by atoms with E-state index in [1.54, 1.807) is 18.2 Å². The summed E-state index contributed by atoms with van der Waals surface area (Å²) in [4.78, 5) is 15.3. The van der Waals surface area contributed by atoms with Crippen LogP contribution in [0.2, 0.25) is 0 Å². The van der Waals surface area contributed by atoms with E-state index in [2.05, 4.69) is 10.2 Å². The third-order valence-corrected chi connectivity index (χ3v) is 6.37. The molecule has 1 saturated heterocycles.